The van der Waals surface area contributed by atoms with Gasteiger partial charge in [0.15, 0.2) is 0 Å². The van der Waals surface area contributed by atoms with Crippen LogP contribution in [0.15, 0.2) is 17.2 Å². The summed E-state index contributed by atoms with van der Waals surface area (Å²) >= 11 is 0. The van der Waals surface area contributed by atoms with Crippen molar-refractivity contribution in [2.45, 2.75) is 45.4 Å². The lowest BCUT2D eigenvalue weighted by molar-refractivity contribution is 0.627. The fraction of sp³-hybridized carbons (Fsp3) is 0.583. The molecule has 0 bridgehead atoms. The third-order valence-corrected chi connectivity index (χ3v) is 2.86. The number of nitrogens with one attached hydrogen (secondary N) is 1. The molecular weight excluding hydrogens is 216 g/mol. The minimum atomic E-state index is -0.0870. The number of aryl methyl sites for hydroxylation is 1. The van der Waals surface area contributed by atoms with Gasteiger partial charge in [-0.25, -0.2) is 9.97 Å². The Labute approximate surface area is 99.9 Å². The summed E-state index contributed by atoms with van der Waals surface area (Å²) in [4.78, 5) is 20.0. The lowest BCUT2D eigenvalue weighted by Gasteiger charge is -2.00. The van der Waals surface area contributed by atoms with Crippen LogP contribution in [-0.4, -0.2) is 19.6 Å². The van der Waals surface area contributed by atoms with Crippen molar-refractivity contribution < 1.29 is 0 Å². The number of aromatic nitrogens is 4. The molecule has 1 N–H and O–H groups in total. The highest BCUT2D eigenvalue weighted by Gasteiger charge is 2.03. The minimum Gasteiger partial charge on any atom is -0.278 e. The van der Waals surface area contributed by atoms with Crippen molar-refractivity contribution in [3.05, 3.63) is 28.4 Å². The van der Waals surface area contributed by atoms with E-state index in [1.165, 1.54) is 36.5 Å². The van der Waals surface area contributed by atoms with Crippen LogP contribution >= 0.6 is 0 Å². The molecule has 5 heteroatoms. The molecule has 17 heavy (non-hydrogen) atoms. The second-order valence-corrected chi connectivity index (χ2v) is 4.27. The molecule has 0 aromatic carbocycles. The molecule has 2 rings (SSSR count). The molecule has 0 amide bonds. The van der Waals surface area contributed by atoms with Gasteiger partial charge in [-0.15, -0.1) is 0 Å². The van der Waals surface area contributed by atoms with Crippen LogP contribution in [0.25, 0.3) is 5.78 Å². The van der Waals surface area contributed by atoms with Crippen molar-refractivity contribution in [2.75, 3.05) is 0 Å². The Morgan fingerprint density at radius 3 is 2.94 bits per heavy atom. The normalized spacial score (nSPS) is 11.1. The molecule has 0 aliphatic heterocycles. The highest BCUT2D eigenvalue weighted by atomic mass is 16.1. The van der Waals surface area contributed by atoms with Crippen LogP contribution in [0.3, 0.4) is 0 Å². The van der Waals surface area contributed by atoms with Crippen molar-refractivity contribution >= 4 is 5.78 Å². The first kappa shape index (κ1) is 11.8. The van der Waals surface area contributed by atoms with Crippen molar-refractivity contribution in [3.63, 3.8) is 0 Å². The molecule has 2 aromatic heterocycles. The number of rotatable bonds is 6. The van der Waals surface area contributed by atoms with E-state index in [1.807, 2.05) is 0 Å². The highest BCUT2D eigenvalue weighted by molar-refractivity contribution is 5.25. The molecular formula is C12H18N4O. The molecule has 0 atom stereocenters. The van der Waals surface area contributed by atoms with Gasteiger partial charge in [-0.1, -0.05) is 32.6 Å². The Hall–Kier alpha value is -1.65. The summed E-state index contributed by atoms with van der Waals surface area (Å²) in [6.45, 7) is 2.20. The largest absolute Gasteiger partial charge is 0.278 e. The van der Waals surface area contributed by atoms with Crippen LogP contribution in [0.4, 0.5) is 0 Å². The predicted molar refractivity (Wildman–Crippen MR) is 66.1 cm³/mol. The van der Waals surface area contributed by atoms with E-state index in [0.717, 1.165) is 18.5 Å². The quantitative estimate of drug-likeness (QED) is 0.777. The Bertz CT molecular complexity index is 529. The average molecular weight is 234 g/mol. The van der Waals surface area contributed by atoms with E-state index >= 15 is 0 Å². The van der Waals surface area contributed by atoms with Crippen molar-refractivity contribution in [1.82, 2.24) is 19.6 Å². The van der Waals surface area contributed by atoms with Crippen LogP contribution in [0.2, 0.25) is 0 Å². The van der Waals surface area contributed by atoms with Gasteiger partial charge in [0.2, 0.25) is 0 Å². The van der Waals surface area contributed by atoms with Gasteiger partial charge in [0.25, 0.3) is 11.3 Å². The fourth-order valence-electron chi connectivity index (χ4n) is 1.91. The van der Waals surface area contributed by atoms with Crippen LogP contribution in [0.1, 0.15) is 44.7 Å². The van der Waals surface area contributed by atoms with Crippen molar-refractivity contribution in [3.8, 4) is 0 Å². The molecule has 0 aliphatic carbocycles. The van der Waals surface area contributed by atoms with Gasteiger partial charge in [0, 0.05) is 6.07 Å². The molecule has 0 unspecified atom stereocenters. The lowest BCUT2D eigenvalue weighted by Crippen LogP contribution is -2.15. The Morgan fingerprint density at radius 1 is 1.29 bits per heavy atom. The third kappa shape index (κ3) is 2.93. The van der Waals surface area contributed by atoms with Crippen LogP contribution in [-0.2, 0) is 6.42 Å². The van der Waals surface area contributed by atoms with Crippen molar-refractivity contribution in [2.24, 2.45) is 0 Å². The number of nitrogens with zero attached hydrogens (tertiary/aromatic N) is 3. The molecule has 0 aliphatic rings. The maximum absolute atomic E-state index is 11.6. The summed E-state index contributed by atoms with van der Waals surface area (Å²) in [6, 6.07) is 1.59. The molecule has 0 radical (unpaired) electrons. The van der Waals surface area contributed by atoms with E-state index in [0.29, 0.717) is 5.78 Å². The first-order valence-corrected chi connectivity index (χ1v) is 6.23. The van der Waals surface area contributed by atoms with E-state index in [2.05, 4.69) is 22.0 Å². The predicted octanol–water partition coefficient (Wildman–Crippen LogP) is 1.93. The summed E-state index contributed by atoms with van der Waals surface area (Å²) in [5.74, 6) is 0.459. The molecule has 0 saturated carbocycles. The van der Waals surface area contributed by atoms with Crippen LogP contribution in [0, 0.1) is 0 Å². The number of hydrogen-bond donors (Lipinski definition) is 1. The Morgan fingerprint density at radius 2 is 2.12 bits per heavy atom. The molecule has 0 fully saturated rings. The van der Waals surface area contributed by atoms with E-state index in [-0.39, 0.29) is 5.56 Å². The zero-order chi connectivity index (χ0) is 12.1. The molecule has 2 aromatic rings. The maximum Gasteiger partial charge on any atom is 0.274 e. The molecule has 0 saturated heterocycles. The van der Waals surface area contributed by atoms with E-state index in [1.54, 1.807) is 6.07 Å². The topological polar surface area (TPSA) is 63.0 Å². The molecule has 2 heterocycles. The average Bonchev–Trinajstić information content (AvgIpc) is 2.77. The van der Waals surface area contributed by atoms with Gasteiger partial charge in [0.05, 0.1) is 5.69 Å². The Balaban J connectivity index is 1.97. The van der Waals surface area contributed by atoms with E-state index < -0.39 is 0 Å². The zero-order valence-corrected chi connectivity index (χ0v) is 10.1. The third-order valence-electron chi connectivity index (χ3n) is 2.86. The second kappa shape index (κ2) is 5.61. The van der Waals surface area contributed by atoms with E-state index in [4.69, 9.17) is 0 Å². The van der Waals surface area contributed by atoms with Gasteiger partial charge in [0.1, 0.15) is 6.33 Å². The van der Waals surface area contributed by atoms with Crippen molar-refractivity contribution in [1.29, 1.82) is 0 Å². The minimum absolute atomic E-state index is 0.0870. The first-order chi connectivity index (χ1) is 8.31. The summed E-state index contributed by atoms with van der Waals surface area (Å²) in [6.07, 6.45) is 8.44. The SMILES string of the molecule is CCCCCCCc1cc(=O)n2[nH]cnc2n1. The summed E-state index contributed by atoms with van der Waals surface area (Å²) in [5, 5.41) is 2.73. The van der Waals surface area contributed by atoms with Gasteiger partial charge >= 0.3 is 0 Å². The van der Waals surface area contributed by atoms with Gasteiger partial charge in [-0.05, 0) is 12.8 Å². The monoisotopic (exact) mass is 234 g/mol. The van der Waals surface area contributed by atoms with Crippen LogP contribution < -0.4 is 5.56 Å². The number of fused-ring (bicyclic) bond motifs is 1. The first-order valence-electron chi connectivity index (χ1n) is 6.23. The van der Waals surface area contributed by atoms with Gasteiger partial charge in [-0.2, -0.15) is 4.52 Å². The summed E-state index contributed by atoms with van der Waals surface area (Å²) in [7, 11) is 0. The zero-order valence-electron chi connectivity index (χ0n) is 10.1. The summed E-state index contributed by atoms with van der Waals surface area (Å²) < 4.78 is 1.35. The molecule has 0 spiro atoms. The lowest BCUT2D eigenvalue weighted by atomic mass is 10.1. The standard InChI is InChI=1S/C12H18N4O/c1-2-3-4-5-6-7-10-8-11(17)16-12(15-10)13-9-14-16/h8-9H,2-7H2,1H3,(H,13,14,15). The molecule has 92 valence electrons. The van der Waals surface area contributed by atoms with E-state index in [9.17, 15) is 4.79 Å². The smallest absolute Gasteiger partial charge is 0.274 e. The number of aromatic amines is 1. The second-order valence-electron chi connectivity index (χ2n) is 4.27. The number of hydrogen-bond acceptors (Lipinski definition) is 3. The fourth-order valence-corrected chi connectivity index (χ4v) is 1.91. The Kier molecular flexibility index (Phi) is 3.90. The highest BCUT2D eigenvalue weighted by Crippen LogP contribution is 2.06. The number of unbranched alkanes of at least 4 members (excludes halogenated alkanes) is 4. The van der Waals surface area contributed by atoms with Gasteiger partial charge in [-0.3, -0.25) is 9.89 Å². The summed E-state index contributed by atoms with van der Waals surface area (Å²) in [5.41, 5.74) is 0.759. The van der Waals surface area contributed by atoms with Gasteiger partial charge < -0.3 is 0 Å². The number of H-pyrrole nitrogens is 1. The maximum atomic E-state index is 11.6. The molecule has 5 nitrogen and oxygen atoms in total. The van der Waals surface area contributed by atoms with Crippen LogP contribution in [0.5, 0.6) is 0 Å².